The highest BCUT2D eigenvalue weighted by Crippen LogP contribution is 2.38. The fraction of sp³-hybridized carbons (Fsp3) is 0.273. The Hall–Kier alpha value is -3.91. The number of amides is 1. The second kappa shape index (κ2) is 11.2. The van der Waals surface area contributed by atoms with Gasteiger partial charge in [-0.25, -0.2) is 0 Å². The molecular formula is C33H33ClN4O3. The van der Waals surface area contributed by atoms with Crippen LogP contribution in [-0.4, -0.2) is 35.1 Å². The van der Waals surface area contributed by atoms with Crippen LogP contribution < -0.4 is 11.1 Å². The number of halogens is 1. The average Bonchev–Trinajstić information content (AvgIpc) is 3.50. The first-order chi connectivity index (χ1) is 19.8. The van der Waals surface area contributed by atoms with Gasteiger partial charge in [0, 0.05) is 35.1 Å². The predicted octanol–water partition coefficient (Wildman–Crippen LogP) is 6.18. The van der Waals surface area contributed by atoms with Crippen LogP contribution >= 0.6 is 11.6 Å². The summed E-state index contributed by atoms with van der Waals surface area (Å²) in [7, 11) is 0. The molecule has 1 aliphatic heterocycles. The van der Waals surface area contributed by atoms with Crippen LogP contribution in [0.15, 0.2) is 81.7 Å². The minimum atomic E-state index is -0.288. The SMILES string of the molecule is Cc1cc(Cl)ccc1C(NC(=O)Cc1ccc2oc(C(c3c(C)noc3C)N3CC(N)C3)cc2c1)c1ccccc1. The van der Waals surface area contributed by atoms with Crippen LogP contribution in [0.4, 0.5) is 0 Å². The molecule has 6 rings (SSSR count). The van der Waals surface area contributed by atoms with Crippen molar-refractivity contribution in [3.63, 3.8) is 0 Å². The largest absolute Gasteiger partial charge is 0.459 e. The van der Waals surface area contributed by atoms with Gasteiger partial charge < -0.3 is 20.0 Å². The second-order valence-corrected chi connectivity index (χ2v) is 11.4. The Morgan fingerprint density at radius 1 is 1.07 bits per heavy atom. The Labute approximate surface area is 244 Å². The Morgan fingerprint density at radius 2 is 1.85 bits per heavy atom. The zero-order valence-corrected chi connectivity index (χ0v) is 24.1. The quantitative estimate of drug-likeness (QED) is 0.232. The lowest BCUT2D eigenvalue weighted by atomic mass is 9.94. The van der Waals surface area contributed by atoms with E-state index in [2.05, 4.69) is 21.4 Å². The molecule has 1 amide bonds. The molecule has 3 N–H and O–H groups in total. The third-order valence-corrected chi connectivity index (χ3v) is 8.12. The molecule has 0 bridgehead atoms. The fourth-order valence-electron chi connectivity index (χ4n) is 5.85. The number of carbonyl (C=O) groups is 1. The molecule has 1 fully saturated rings. The third kappa shape index (κ3) is 5.53. The number of fused-ring (bicyclic) bond motifs is 1. The number of nitrogens with zero attached hydrogens (tertiary/aromatic N) is 2. The average molecular weight is 569 g/mol. The number of likely N-dealkylation sites (tertiary alicyclic amines) is 1. The summed E-state index contributed by atoms with van der Waals surface area (Å²) in [5, 5.41) is 9.04. The van der Waals surface area contributed by atoms with Crippen molar-refractivity contribution >= 4 is 28.5 Å². The first-order valence-corrected chi connectivity index (χ1v) is 14.2. The summed E-state index contributed by atoms with van der Waals surface area (Å²) in [6, 6.07) is 23.4. The van der Waals surface area contributed by atoms with E-state index in [4.69, 9.17) is 26.3 Å². The molecule has 0 saturated carbocycles. The van der Waals surface area contributed by atoms with Gasteiger partial charge in [0.05, 0.1) is 24.2 Å². The van der Waals surface area contributed by atoms with Crippen LogP contribution in [0.25, 0.3) is 11.0 Å². The van der Waals surface area contributed by atoms with Gasteiger partial charge in [-0.1, -0.05) is 59.2 Å². The van der Waals surface area contributed by atoms with Gasteiger partial charge in [-0.2, -0.15) is 0 Å². The number of nitrogens with two attached hydrogens (primary N) is 1. The molecule has 41 heavy (non-hydrogen) atoms. The van der Waals surface area contributed by atoms with Gasteiger partial charge >= 0.3 is 0 Å². The number of aryl methyl sites for hydroxylation is 3. The normalized spacial score (nSPS) is 15.5. The van der Waals surface area contributed by atoms with Gasteiger partial charge in [-0.3, -0.25) is 9.69 Å². The van der Waals surface area contributed by atoms with E-state index < -0.39 is 0 Å². The van der Waals surface area contributed by atoms with E-state index in [-0.39, 0.29) is 30.5 Å². The summed E-state index contributed by atoms with van der Waals surface area (Å²) in [6.07, 6.45) is 0.237. The molecule has 210 valence electrons. The molecule has 5 aromatic rings. The number of hydrogen-bond acceptors (Lipinski definition) is 6. The first-order valence-electron chi connectivity index (χ1n) is 13.8. The molecule has 7 nitrogen and oxygen atoms in total. The van der Waals surface area contributed by atoms with Crippen molar-refractivity contribution in [3.8, 4) is 0 Å². The molecule has 8 heteroatoms. The molecule has 1 saturated heterocycles. The lowest BCUT2D eigenvalue weighted by Gasteiger charge is -2.41. The van der Waals surface area contributed by atoms with E-state index in [1.807, 2.05) is 87.5 Å². The van der Waals surface area contributed by atoms with Crippen LogP contribution in [0.2, 0.25) is 5.02 Å². The van der Waals surface area contributed by atoms with Gasteiger partial charge in [0.15, 0.2) is 0 Å². The maximum Gasteiger partial charge on any atom is 0.225 e. The van der Waals surface area contributed by atoms with Crippen molar-refractivity contribution in [2.75, 3.05) is 13.1 Å². The van der Waals surface area contributed by atoms with Crippen molar-refractivity contribution in [3.05, 3.63) is 123 Å². The van der Waals surface area contributed by atoms with E-state index in [0.29, 0.717) is 5.02 Å². The summed E-state index contributed by atoms with van der Waals surface area (Å²) >= 11 is 6.22. The zero-order valence-electron chi connectivity index (χ0n) is 23.4. The Morgan fingerprint density at radius 3 is 2.54 bits per heavy atom. The molecule has 0 radical (unpaired) electrons. The molecule has 3 heterocycles. The van der Waals surface area contributed by atoms with E-state index in [0.717, 1.165) is 69.1 Å². The van der Waals surface area contributed by atoms with Crippen LogP contribution in [0.3, 0.4) is 0 Å². The Bertz CT molecular complexity index is 1690. The minimum absolute atomic E-state index is 0.0700. The number of hydrogen-bond donors (Lipinski definition) is 2. The molecular weight excluding hydrogens is 536 g/mol. The Balaban J connectivity index is 1.26. The van der Waals surface area contributed by atoms with E-state index in [9.17, 15) is 4.79 Å². The molecule has 3 aromatic carbocycles. The van der Waals surface area contributed by atoms with Crippen LogP contribution in [-0.2, 0) is 11.2 Å². The molecule has 0 spiro atoms. The van der Waals surface area contributed by atoms with E-state index in [1.54, 1.807) is 0 Å². The summed E-state index contributed by atoms with van der Waals surface area (Å²) < 4.78 is 11.8. The van der Waals surface area contributed by atoms with Crippen LogP contribution in [0, 0.1) is 20.8 Å². The van der Waals surface area contributed by atoms with Crippen LogP contribution in [0.5, 0.6) is 0 Å². The van der Waals surface area contributed by atoms with Gasteiger partial charge in [0.1, 0.15) is 17.1 Å². The van der Waals surface area contributed by atoms with Crippen molar-refractivity contribution in [2.24, 2.45) is 5.73 Å². The van der Waals surface area contributed by atoms with Crippen molar-refractivity contribution in [1.29, 1.82) is 0 Å². The number of furan rings is 1. The number of carbonyl (C=O) groups excluding carboxylic acids is 1. The van der Waals surface area contributed by atoms with Crippen molar-refractivity contribution in [2.45, 2.75) is 45.3 Å². The first kappa shape index (κ1) is 27.3. The molecule has 1 aliphatic rings. The van der Waals surface area contributed by atoms with Crippen molar-refractivity contribution in [1.82, 2.24) is 15.4 Å². The zero-order chi connectivity index (χ0) is 28.7. The predicted molar refractivity (Wildman–Crippen MR) is 160 cm³/mol. The van der Waals surface area contributed by atoms with E-state index in [1.165, 1.54) is 0 Å². The standard InChI is InChI=1S/C33H33ClN4O3/c1-19-13-25(34)10-11-27(19)32(23-7-5-4-6-8-23)36-30(39)15-22-9-12-28-24(14-22)16-29(40-28)33(38-17-26(35)18-38)31-20(2)37-41-21(31)3/h4-14,16,26,32-33H,15,17-18,35H2,1-3H3,(H,36,39). The molecule has 2 aromatic heterocycles. The highest BCUT2D eigenvalue weighted by Gasteiger charge is 2.37. The lowest BCUT2D eigenvalue weighted by Crippen LogP contribution is -2.56. The maximum absolute atomic E-state index is 13.4. The highest BCUT2D eigenvalue weighted by molar-refractivity contribution is 6.30. The monoisotopic (exact) mass is 568 g/mol. The third-order valence-electron chi connectivity index (χ3n) is 7.88. The van der Waals surface area contributed by atoms with Gasteiger partial charge in [-0.05, 0) is 73.4 Å². The minimum Gasteiger partial charge on any atom is -0.459 e. The smallest absolute Gasteiger partial charge is 0.225 e. The summed E-state index contributed by atoms with van der Waals surface area (Å²) in [4.78, 5) is 15.7. The highest BCUT2D eigenvalue weighted by atomic mass is 35.5. The number of nitrogens with one attached hydrogen (secondary N) is 1. The molecule has 0 aliphatic carbocycles. The number of rotatable bonds is 8. The lowest BCUT2D eigenvalue weighted by molar-refractivity contribution is -0.120. The van der Waals surface area contributed by atoms with E-state index >= 15 is 0 Å². The summed E-state index contributed by atoms with van der Waals surface area (Å²) in [5.74, 6) is 1.51. The molecule has 2 unspecified atom stereocenters. The second-order valence-electron chi connectivity index (χ2n) is 11.0. The van der Waals surface area contributed by atoms with Crippen molar-refractivity contribution < 1.29 is 13.7 Å². The molecule has 2 atom stereocenters. The van der Waals surface area contributed by atoms with Gasteiger partial charge in [0.2, 0.25) is 5.91 Å². The summed E-state index contributed by atoms with van der Waals surface area (Å²) in [5.41, 5.74) is 12.7. The Kier molecular flexibility index (Phi) is 7.43. The maximum atomic E-state index is 13.4. The summed E-state index contributed by atoms with van der Waals surface area (Å²) in [6.45, 7) is 7.43. The number of benzene rings is 3. The fourth-order valence-corrected chi connectivity index (χ4v) is 6.08. The van der Waals surface area contributed by atoms with Gasteiger partial charge in [0.25, 0.3) is 0 Å². The van der Waals surface area contributed by atoms with Gasteiger partial charge in [-0.15, -0.1) is 0 Å². The number of aromatic nitrogens is 1. The van der Waals surface area contributed by atoms with Crippen LogP contribution in [0.1, 0.15) is 57.1 Å². The topological polar surface area (TPSA) is 97.5 Å².